The number of rotatable bonds is 4. The standard InChI is InChI=1S/C14H14Cl2N4O/c1-9-3-11(18-21-9)6-19(2)7-12-8-20-5-10(15)4-13(16)14(20)17-12/h3-5,8H,6-7H2,1-2H3. The van der Waals surface area contributed by atoms with Gasteiger partial charge >= 0.3 is 0 Å². The zero-order valence-electron chi connectivity index (χ0n) is 11.7. The van der Waals surface area contributed by atoms with E-state index in [9.17, 15) is 0 Å². The van der Waals surface area contributed by atoms with E-state index < -0.39 is 0 Å². The van der Waals surface area contributed by atoms with Crippen LogP contribution in [0.15, 0.2) is 29.0 Å². The van der Waals surface area contributed by atoms with Crippen LogP contribution in [0, 0.1) is 6.92 Å². The molecule has 3 heterocycles. The molecule has 5 nitrogen and oxygen atoms in total. The summed E-state index contributed by atoms with van der Waals surface area (Å²) in [5.41, 5.74) is 2.53. The molecule has 7 heteroatoms. The number of halogens is 2. The van der Waals surface area contributed by atoms with Crippen LogP contribution in [0.2, 0.25) is 10.0 Å². The summed E-state index contributed by atoms with van der Waals surface area (Å²) < 4.78 is 6.91. The van der Waals surface area contributed by atoms with Crippen LogP contribution >= 0.6 is 23.2 Å². The van der Waals surface area contributed by atoms with Gasteiger partial charge in [0.1, 0.15) is 5.76 Å². The number of hydrogen-bond acceptors (Lipinski definition) is 4. The first kappa shape index (κ1) is 14.4. The van der Waals surface area contributed by atoms with Gasteiger partial charge in [0.15, 0.2) is 5.65 Å². The number of aromatic nitrogens is 3. The van der Waals surface area contributed by atoms with Crippen molar-refractivity contribution in [2.75, 3.05) is 7.05 Å². The van der Waals surface area contributed by atoms with E-state index in [1.165, 1.54) is 0 Å². The van der Waals surface area contributed by atoms with E-state index in [2.05, 4.69) is 15.0 Å². The van der Waals surface area contributed by atoms with E-state index in [4.69, 9.17) is 27.7 Å². The summed E-state index contributed by atoms with van der Waals surface area (Å²) >= 11 is 12.1. The number of imidazole rings is 1. The van der Waals surface area contributed by atoms with Crippen LogP contribution in [-0.2, 0) is 13.1 Å². The van der Waals surface area contributed by atoms with E-state index in [0.717, 1.165) is 17.1 Å². The van der Waals surface area contributed by atoms with Crippen molar-refractivity contribution in [3.63, 3.8) is 0 Å². The molecule has 3 rings (SSSR count). The number of pyridine rings is 1. The third kappa shape index (κ3) is 3.20. The molecule has 3 aromatic rings. The van der Waals surface area contributed by atoms with Gasteiger partial charge in [-0.25, -0.2) is 4.98 Å². The predicted octanol–water partition coefficient (Wildman–Crippen LogP) is 3.57. The molecule has 0 unspecified atom stereocenters. The first-order valence-electron chi connectivity index (χ1n) is 6.44. The van der Waals surface area contributed by atoms with Gasteiger partial charge in [0.2, 0.25) is 0 Å². The second-order valence-electron chi connectivity index (χ2n) is 5.07. The Morgan fingerprint density at radius 2 is 1.95 bits per heavy atom. The highest BCUT2D eigenvalue weighted by Gasteiger charge is 2.10. The lowest BCUT2D eigenvalue weighted by Gasteiger charge is -2.12. The number of aryl methyl sites for hydroxylation is 1. The fourth-order valence-corrected chi connectivity index (χ4v) is 2.78. The summed E-state index contributed by atoms with van der Waals surface area (Å²) in [6.07, 6.45) is 3.72. The molecule has 0 amide bonds. The van der Waals surface area contributed by atoms with Crippen molar-refractivity contribution < 1.29 is 4.52 Å². The van der Waals surface area contributed by atoms with Gasteiger partial charge < -0.3 is 8.92 Å². The Labute approximate surface area is 132 Å². The zero-order valence-corrected chi connectivity index (χ0v) is 13.2. The predicted molar refractivity (Wildman–Crippen MR) is 81.6 cm³/mol. The molecule has 0 bridgehead atoms. The smallest absolute Gasteiger partial charge is 0.156 e. The third-order valence-electron chi connectivity index (χ3n) is 3.06. The summed E-state index contributed by atoms with van der Waals surface area (Å²) in [7, 11) is 2.00. The van der Waals surface area contributed by atoms with Crippen LogP contribution in [0.3, 0.4) is 0 Å². The van der Waals surface area contributed by atoms with Crippen LogP contribution in [0.5, 0.6) is 0 Å². The van der Waals surface area contributed by atoms with Crippen molar-refractivity contribution >= 4 is 28.8 Å². The van der Waals surface area contributed by atoms with E-state index >= 15 is 0 Å². The van der Waals surface area contributed by atoms with E-state index in [0.29, 0.717) is 28.8 Å². The van der Waals surface area contributed by atoms with E-state index in [-0.39, 0.29) is 0 Å². The molecule has 0 aliphatic rings. The van der Waals surface area contributed by atoms with E-state index in [1.54, 1.807) is 12.3 Å². The molecule has 21 heavy (non-hydrogen) atoms. The number of nitrogens with zero attached hydrogens (tertiary/aromatic N) is 4. The highest BCUT2D eigenvalue weighted by Crippen LogP contribution is 2.22. The van der Waals surface area contributed by atoms with Crippen molar-refractivity contribution in [1.29, 1.82) is 0 Å². The summed E-state index contributed by atoms with van der Waals surface area (Å²) in [5.74, 6) is 0.813. The normalized spacial score (nSPS) is 11.7. The van der Waals surface area contributed by atoms with E-state index in [1.807, 2.05) is 30.6 Å². The first-order chi connectivity index (χ1) is 10.0. The van der Waals surface area contributed by atoms with Gasteiger partial charge in [0, 0.05) is 31.5 Å². The molecule has 0 N–H and O–H groups in total. The molecule has 0 radical (unpaired) electrons. The van der Waals surface area contributed by atoms with Crippen molar-refractivity contribution in [1.82, 2.24) is 19.4 Å². The molecule has 0 fully saturated rings. The molecule has 0 aliphatic heterocycles. The second kappa shape index (κ2) is 5.67. The highest BCUT2D eigenvalue weighted by molar-refractivity contribution is 6.36. The average Bonchev–Trinajstić information content (AvgIpc) is 2.95. The van der Waals surface area contributed by atoms with Gasteiger partial charge in [-0.05, 0) is 20.0 Å². The Kier molecular flexibility index (Phi) is 3.89. The molecule has 110 valence electrons. The lowest BCUT2D eigenvalue weighted by Crippen LogP contribution is -2.17. The molecule has 0 saturated heterocycles. The molecular weight excluding hydrogens is 311 g/mol. The minimum Gasteiger partial charge on any atom is -0.361 e. The lowest BCUT2D eigenvalue weighted by molar-refractivity contribution is 0.299. The lowest BCUT2D eigenvalue weighted by atomic mass is 10.3. The van der Waals surface area contributed by atoms with Gasteiger partial charge in [-0.1, -0.05) is 28.4 Å². The summed E-state index contributed by atoms with van der Waals surface area (Å²) in [6.45, 7) is 3.26. The third-order valence-corrected chi connectivity index (χ3v) is 3.55. The number of hydrogen-bond donors (Lipinski definition) is 0. The fourth-order valence-electron chi connectivity index (χ4n) is 2.25. The van der Waals surface area contributed by atoms with Crippen molar-refractivity contribution in [2.45, 2.75) is 20.0 Å². The highest BCUT2D eigenvalue weighted by atomic mass is 35.5. The molecule has 0 aliphatic carbocycles. The van der Waals surface area contributed by atoms with Gasteiger partial charge in [0.05, 0.1) is 21.4 Å². The Morgan fingerprint density at radius 1 is 1.19 bits per heavy atom. The Hall–Kier alpha value is -1.56. The van der Waals surface area contributed by atoms with Crippen LogP contribution in [0.1, 0.15) is 17.1 Å². The van der Waals surface area contributed by atoms with Gasteiger partial charge in [-0.3, -0.25) is 4.90 Å². The molecular formula is C14H14Cl2N4O. The maximum absolute atomic E-state index is 6.14. The summed E-state index contributed by atoms with van der Waals surface area (Å²) in [4.78, 5) is 6.63. The topological polar surface area (TPSA) is 46.6 Å². The van der Waals surface area contributed by atoms with Crippen molar-refractivity contribution in [2.24, 2.45) is 0 Å². The summed E-state index contributed by atoms with van der Waals surface area (Å²) in [5, 5.41) is 5.12. The molecule has 3 aromatic heterocycles. The maximum Gasteiger partial charge on any atom is 0.156 e. The number of fused-ring (bicyclic) bond motifs is 1. The SMILES string of the molecule is Cc1cc(CN(C)Cc2cn3cc(Cl)cc(Cl)c3n2)no1. The maximum atomic E-state index is 6.14. The molecule has 0 spiro atoms. The van der Waals surface area contributed by atoms with Gasteiger partial charge in [-0.15, -0.1) is 0 Å². The van der Waals surface area contributed by atoms with Crippen molar-refractivity contribution in [3.8, 4) is 0 Å². The summed E-state index contributed by atoms with van der Waals surface area (Å²) in [6, 6.07) is 3.62. The average molecular weight is 325 g/mol. The second-order valence-corrected chi connectivity index (χ2v) is 5.91. The first-order valence-corrected chi connectivity index (χ1v) is 7.20. The van der Waals surface area contributed by atoms with Crippen molar-refractivity contribution in [3.05, 3.63) is 51.7 Å². The van der Waals surface area contributed by atoms with Crippen LogP contribution in [0.25, 0.3) is 5.65 Å². The minimum absolute atomic E-state index is 0.545. The van der Waals surface area contributed by atoms with Gasteiger partial charge in [-0.2, -0.15) is 0 Å². The minimum atomic E-state index is 0.545. The zero-order chi connectivity index (χ0) is 15.0. The Morgan fingerprint density at radius 3 is 2.67 bits per heavy atom. The van der Waals surface area contributed by atoms with Crippen LogP contribution in [0.4, 0.5) is 0 Å². The fraction of sp³-hybridized carbons (Fsp3) is 0.286. The Bertz CT molecular complexity index is 780. The van der Waals surface area contributed by atoms with Crippen LogP contribution in [-0.4, -0.2) is 26.5 Å². The van der Waals surface area contributed by atoms with Crippen LogP contribution < -0.4 is 0 Å². The monoisotopic (exact) mass is 324 g/mol. The van der Waals surface area contributed by atoms with Gasteiger partial charge in [0.25, 0.3) is 0 Å². The largest absolute Gasteiger partial charge is 0.361 e. The quantitative estimate of drug-likeness (QED) is 0.736. The molecule has 0 aromatic carbocycles. The molecule has 0 atom stereocenters. The Balaban J connectivity index is 1.76. The molecule has 0 saturated carbocycles.